The van der Waals surface area contributed by atoms with Crippen molar-refractivity contribution in [2.24, 2.45) is 5.92 Å². The summed E-state index contributed by atoms with van der Waals surface area (Å²) in [6.07, 6.45) is 2.13. The molecule has 3 rings (SSSR count). The van der Waals surface area contributed by atoms with E-state index in [1.165, 1.54) is 0 Å². The molecule has 1 aromatic heterocycles. The van der Waals surface area contributed by atoms with Crippen molar-refractivity contribution in [2.45, 2.75) is 12.8 Å². The van der Waals surface area contributed by atoms with Crippen LogP contribution in [0.3, 0.4) is 0 Å². The zero-order valence-corrected chi connectivity index (χ0v) is 10.7. The van der Waals surface area contributed by atoms with Crippen LogP contribution in [0.5, 0.6) is 0 Å². The number of piperidine rings is 1. The summed E-state index contributed by atoms with van der Waals surface area (Å²) in [4.78, 5) is 6.56. The second-order valence-electron chi connectivity index (χ2n) is 4.75. The van der Waals surface area contributed by atoms with Crippen LogP contribution in [-0.2, 0) is 0 Å². The fraction of sp³-hybridized carbons (Fsp3) is 0.462. The number of rotatable bonds is 2. The number of benzene rings is 1. The van der Waals surface area contributed by atoms with Crippen molar-refractivity contribution in [1.82, 2.24) is 4.98 Å². The van der Waals surface area contributed by atoms with Crippen molar-refractivity contribution in [1.29, 1.82) is 0 Å². The number of nitrogens with zero attached hydrogens (tertiary/aromatic N) is 2. The van der Waals surface area contributed by atoms with Gasteiger partial charge in [-0.1, -0.05) is 11.6 Å². The Labute approximate surface area is 110 Å². The third kappa shape index (κ3) is 2.18. The molecule has 1 saturated heterocycles. The lowest BCUT2D eigenvalue weighted by atomic mass is 10.00. The van der Waals surface area contributed by atoms with Crippen molar-refractivity contribution >= 4 is 28.7 Å². The highest BCUT2D eigenvalue weighted by Gasteiger charge is 2.22. The summed E-state index contributed by atoms with van der Waals surface area (Å²) in [5, 5.41) is 9.89. The van der Waals surface area contributed by atoms with E-state index >= 15 is 0 Å². The van der Waals surface area contributed by atoms with Crippen LogP contribution in [0.1, 0.15) is 12.8 Å². The molecule has 0 radical (unpaired) electrons. The fourth-order valence-corrected chi connectivity index (χ4v) is 2.57. The van der Waals surface area contributed by atoms with E-state index in [4.69, 9.17) is 16.0 Å². The first-order valence-corrected chi connectivity index (χ1v) is 6.56. The number of aliphatic hydroxyl groups is 1. The minimum absolute atomic E-state index is 0.225. The van der Waals surface area contributed by atoms with Gasteiger partial charge in [0.15, 0.2) is 5.58 Å². The van der Waals surface area contributed by atoms with Gasteiger partial charge in [0.2, 0.25) is 0 Å². The number of aliphatic hydroxyl groups excluding tert-OH is 1. The van der Waals surface area contributed by atoms with Crippen LogP contribution in [0.15, 0.2) is 22.6 Å². The van der Waals surface area contributed by atoms with Crippen LogP contribution in [0, 0.1) is 5.92 Å². The van der Waals surface area contributed by atoms with Crippen molar-refractivity contribution in [3.63, 3.8) is 0 Å². The normalized spacial score (nSPS) is 20.6. The molecule has 1 aliphatic rings. The number of aromatic nitrogens is 1. The summed E-state index contributed by atoms with van der Waals surface area (Å²) in [6.45, 7) is 1.96. The predicted molar refractivity (Wildman–Crippen MR) is 71.0 cm³/mol. The van der Waals surface area contributed by atoms with E-state index in [0.717, 1.165) is 31.4 Å². The molecule has 0 aliphatic carbocycles. The predicted octanol–water partition coefficient (Wildman–Crippen LogP) is 2.69. The maximum absolute atomic E-state index is 9.24. The highest BCUT2D eigenvalue weighted by Crippen LogP contribution is 2.27. The van der Waals surface area contributed by atoms with Gasteiger partial charge in [-0.3, -0.25) is 0 Å². The van der Waals surface area contributed by atoms with Crippen LogP contribution in [-0.4, -0.2) is 29.8 Å². The molecule has 0 saturated carbocycles. The molecule has 0 bridgehead atoms. The Balaban J connectivity index is 1.89. The summed E-state index contributed by atoms with van der Waals surface area (Å²) >= 11 is 5.92. The van der Waals surface area contributed by atoms with Crippen LogP contribution in [0.2, 0.25) is 5.02 Å². The largest absolute Gasteiger partial charge is 0.423 e. The third-order valence-electron chi connectivity index (χ3n) is 3.39. The second-order valence-corrected chi connectivity index (χ2v) is 5.18. The summed E-state index contributed by atoms with van der Waals surface area (Å²) < 4.78 is 5.73. The lowest BCUT2D eigenvalue weighted by molar-refractivity contribution is 0.207. The fourth-order valence-electron chi connectivity index (χ4n) is 2.41. The van der Waals surface area contributed by atoms with Crippen LogP contribution < -0.4 is 4.90 Å². The summed E-state index contributed by atoms with van der Waals surface area (Å²) in [6, 6.07) is 6.08. The number of oxazole rings is 1. The van der Waals surface area contributed by atoms with Crippen LogP contribution in [0.4, 0.5) is 6.01 Å². The third-order valence-corrected chi connectivity index (χ3v) is 3.62. The van der Waals surface area contributed by atoms with Crippen molar-refractivity contribution in [2.75, 3.05) is 24.6 Å². The van der Waals surface area contributed by atoms with E-state index in [0.29, 0.717) is 22.5 Å². The molecule has 1 fully saturated rings. The molecule has 2 heterocycles. The van der Waals surface area contributed by atoms with Gasteiger partial charge in [0.25, 0.3) is 6.01 Å². The monoisotopic (exact) mass is 266 g/mol. The van der Waals surface area contributed by atoms with Gasteiger partial charge >= 0.3 is 0 Å². The van der Waals surface area contributed by atoms with Gasteiger partial charge in [-0.2, -0.15) is 4.98 Å². The number of anilines is 1. The molecule has 4 nitrogen and oxygen atoms in total. The Kier molecular flexibility index (Phi) is 3.14. The van der Waals surface area contributed by atoms with Gasteiger partial charge in [-0.05, 0) is 30.9 Å². The molecule has 1 aliphatic heterocycles. The van der Waals surface area contributed by atoms with Crippen molar-refractivity contribution in [3.8, 4) is 0 Å². The second kappa shape index (κ2) is 4.78. The molecule has 1 unspecified atom stereocenters. The minimum Gasteiger partial charge on any atom is -0.423 e. The zero-order chi connectivity index (χ0) is 12.5. The average molecular weight is 267 g/mol. The Hall–Kier alpha value is -1.26. The standard InChI is InChI=1S/C13H15ClN2O2/c14-10-3-4-11-12(6-10)18-13(15-11)16-5-1-2-9(7-16)8-17/h3-4,6,9,17H,1-2,5,7-8H2. The quantitative estimate of drug-likeness (QED) is 0.908. The summed E-state index contributed by atoms with van der Waals surface area (Å²) in [7, 11) is 0. The molecule has 1 aromatic carbocycles. The van der Waals surface area contributed by atoms with Gasteiger partial charge in [0.1, 0.15) is 5.52 Å². The average Bonchev–Trinajstić information content (AvgIpc) is 2.81. The first-order valence-electron chi connectivity index (χ1n) is 6.18. The molecule has 0 spiro atoms. The van der Waals surface area contributed by atoms with Gasteiger partial charge in [0.05, 0.1) is 0 Å². The van der Waals surface area contributed by atoms with E-state index in [1.54, 1.807) is 6.07 Å². The molecule has 1 atom stereocenters. The van der Waals surface area contributed by atoms with Crippen LogP contribution >= 0.6 is 11.6 Å². The SMILES string of the molecule is OCC1CCCN(c2nc3ccc(Cl)cc3o2)C1. The van der Waals surface area contributed by atoms with Gasteiger partial charge in [-0.25, -0.2) is 0 Å². The maximum Gasteiger partial charge on any atom is 0.298 e. The number of halogens is 1. The Bertz CT molecular complexity index is 555. The molecular weight excluding hydrogens is 252 g/mol. The minimum atomic E-state index is 0.225. The number of hydrogen-bond acceptors (Lipinski definition) is 4. The summed E-state index contributed by atoms with van der Waals surface area (Å²) in [5.74, 6) is 0.317. The number of fused-ring (bicyclic) bond motifs is 1. The zero-order valence-electron chi connectivity index (χ0n) is 9.97. The highest BCUT2D eigenvalue weighted by molar-refractivity contribution is 6.31. The molecular formula is C13H15ClN2O2. The van der Waals surface area contributed by atoms with Crippen molar-refractivity contribution < 1.29 is 9.52 Å². The first-order chi connectivity index (χ1) is 8.76. The van der Waals surface area contributed by atoms with E-state index < -0.39 is 0 Å². The van der Waals surface area contributed by atoms with E-state index in [9.17, 15) is 5.11 Å². The van der Waals surface area contributed by atoms with Gasteiger partial charge in [0, 0.05) is 30.8 Å². The Morgan fingerprint density at radius 2 is 2.39 bits per heavy atom. The molecule has 96 valence electrons. The maximum atomic E-state index is 9.24. The molecule has 2 aromatic rings. The highest BCUT2D eigenvalue weighted by atomic mass is 35.5. The Morgan fingerprint density at radius 3 is 3.22 bits per heavy atom. The lowest BCUT2D eigenvalue weighted by Crippen LogP contribution is -2.36. The smallest absolute Gasteiger partial charge is 0.298 e. The van der Waals surface area contributed by atoms with Gasteiger partial charge < -0.3 is 14.4 Å². The summed E-state index contributed by atoms with van der Waals surface area (Å²) in [5.41, 5.74) is 1.53. The molecule has 0 amide bonds. The lowest BCUT2D eigenvalue weighted by Gasteiger charge is -2.30. The van der Waals surface area contributed by atoms with Crippen molar-refractivity contribution in [3.05, 3.63) is 23.2 Å². The van der Waals surface area contributed by atoms with Crippen LogP contribution in [0.25, 0.3) is 11.1 Å². The molecule has 5 heteroatoms. The first kappa shape index (κ1) is 11.8. The van der Waals surface area contributed by atoms with E-state index in [-0.39, 0.29) is 6.61 Å². The molecule has 1 N–H and O–H groups in total. The van der Waals surface area contributed by atoms with E-state index in [2.05, 4.69) is 9.88 Å². The van der Waals surface area contributed by atoms with Gasteiger partial charge in [-0.15, -0.1) is 0 Å². The van der Waals surface area contributed by atoms with E-state index in [1.807, 2.05) is 12.1 Å². The topological polar surface area (TPSA) is 49.5 Å². The Morgan fingerprint density at radius 1 is 1.50 bits per heavy atom. The molecule has 18 heavy (non-hydrogen) atoms. The number of hydrogen-bond donors (Lipinski definition) is 1.